The molecule has 0 saturated heterocycles. The van der Waals surface area contributed by atoms with Crippen molar-refractivity contribution in [2.75, 3.05) is 14.2 Å². The number of hydrogen-bond donors (Lipinski definition) is 0. The van der Waals surface area contributed by atoms with Crippen molar-refractivity contribution in [1.82, 2.24) is 9.55 Å². The number of rotatable bonds is 4. The second-order valence-corrected chi connectivity index (χ2v) is 5.70. The van der Waals surface area contributed by atoms with Crippen LogP contribution in [0.5, 0.6) is 5.75 Å². The number of esters is 1. The highest BCUT2D eigenvalue weighted by Crippen LogP contribution is 2.18. The molecule has 0 N–H and O–H groups in total. The summed E-state index contributed by atoms with van der Waals surface area (Å²) in [6.07, 6.45) is 0. The summed E-state index contributed by atoms with van der Waals surface area (Å²) in [6.45, 7) is 0.319. The molecule has 0 fully saturated rings. The minimum atomic E-state index is -0.479. The molecular weight excluding hydrogens is 344 g/mol. The molecule has 3 rings (SSSR count). The van der Waals surface area contributed by atoms with Crippen molar-refractivity contribution in [3.8, 4) is 5.75 Å². The maximum Gasteiger partial charge on any atom is 0.337 e. The van der Waals surface area contributed by atoms with Gasteiger partial charge in [0, 0.05) is 0 Å². The van der Waals surface area contributed by atoms with Crippen molar-refractivity contribution in [3.63, 3.8) is 0 Å². The van der Waals surface area contributed by atoms with Gasteiger partial charge in [0.2, 0.25) is 0 Å². The molecule has 1 heterocycles. The molecule has 0 saturated carbocycles. The predicted octanol–water partition coefficient (Wildman–Crippen LogP) is 2.89. The monoisotopic (exact) mass is 358 g/mol. The Bertz CT molecular complexity index is 996. The van der Waals surface area contributed by atoms with Crippen LogP contribution in [0.15, 0.2) is 47.3 Å². The number of carbonyl (C=O) groups excluding carboxylic acids is 1. The summed E-state index contributed by atoms with van der Waals surface area (Å²) in [5.41, 5.74) is 1.88. The van der Waals surface area contributed by atoms with E-state index in [-0.39, 0.29) is 5.15 Å². The van der Waals surface area contributed by atoms with E-state index in [1.54, 1.807) is 25.3 Å². The number of halogens is 1. The van der Waals surface area contributed by atoms with E-state index in [2.05, 4.69) is 4.98 Å². The highest BCUT2D eigenvalue weighted by atomic mass is 35.5. The zero-order valence-electron chi connectivity index (χ0n) is 13.7. The molecule has 128 valence electrons. The lowest BCUT2D eigenvalue weighted by molar-refractivity contribution is 0.0601. The molecule has 0 aliphatic heterocycles. The quantitative estimate of drug-likeness (QED) is 0.671. The van der Waals surface area contributed by atoms with Crippen LogP contribution in [-0.2, 0) is 11.3 Å². The number of aromatic nitrogens is 2. The van der Waals surface area contributed by atoms with E-state index >= 15 is 0 Å². The average molecular weight is 359 g/mol. The van der Waals surface area contributed by atoms with E-state index in [9.17, 15) is 9.59 Å². The van der Waals surface area contributed by atoms with Gasteiger partial charge in [-0.25, -0.2) is 9.78 Å². The molecule has 0 radical (unpaired) electrons. The van der Waals surface area contributed by atoms with Gasteiger partial charge in [-0.1, -0.05) is 23.7 Å². The highest BCUT2D eigenvalue weighted by molar-refractivity contribution is 6.29. The topological polar surface area (TPSA) is 70.4 Å². The van der Waals surface area contributed by atoms with Crippen LogP contribution < -0.4 is 10.3 Å². The lowest BCUT2D eigenvalue weighted by Crippen LogP contribution is -2.23. The van der Waals surface area contributed by atoms with Crippen LogP contribution in [0.2, 0.25) is 5.15 Å². The van der Waals surface area contributed by atoms with E-state index in [4.69, 9.17) is 21.1 Å². The summed E-state index contributed by atoms with van der Waals surface area (Å²) in [7, 11) is 2.89. The molecule has 0 spiro atoms. The Morgan fingerprint density at radius 1 is 1.16 bits per heavy atom. The van der Waals surface area contributed by atoms with Gasteiger partial charge in [0.1, 0.15) is 5.75 Å². The molecule has 3 aromatic rings. The molecule has 2 aromatic carbocycles. The molecule has 0 amide bonds. The van der Waals surface area contributed by atoms with E-state index in [0.717, 1.165) is 11.3 Å². The largest absolute Gasteiger partial charge is 0.497 e. The highest BCUT2D eigenvalue weighted by Gasteiger charge is 2.13. The molecule has 1 aromatic heterocycles. The number of fused-ring (bicyclic) bond motifs is 1. The van der Waals surface area contributed by atoms with Crippen LogP contribution in [0, 0.1) is 0 Å². The zero-order chi connectivity index (χ0) is 18.0. The Balaban J connectivity index is 2.10. The summed E-state index contributed by atoms with van der Waals surface area (Å²) in [5, 5.41) is -0.150. The molecular formula is C18H15ClN2O4. The number of carbonyl (C=O) groups is 1. The third kappa shape index (κ3) is 3.34. The number of methoxy groups -OCH3 is 2. The minimum absolute atomic E-state index is 0.150. The fourth-order valence-corrected chi connectivity index (χ4v) is 2.72. The van der Waals surface area contributed by atoms with Crippen molar-refractivity contribution in [3.05, 3.63) is 69.1 Å². The smallest absolute Gasteiger partial charge is 0.337 e. The van der Waals surface area contributed by atoms with Crippen molar-refractivity contribution >= 4 is 28.6 Å². The molecule has 0 unspecified atom stereocenters. The first-order chi connectivity index (χ1) is 12.0. The Morgan fingerprint density at radius 3 is 2.52 bits per heavy atom. The Morgan fingerprint density at radius 2 is 1.88 bits per heavy atom. The third-order valence-corrected chi connectivity index (χ3v) is 4.07. The molecule has 25 heavy (non-hydrogen) atoms. The van der Waals surface area contributed by atoms with E-state index in [0.29, 0.717) is 23.1 Å². The first-order valence-electron chi connectivity index (χ1n) is 7.45. The van der Waals surface area contributed by atoms with E-state index < -0.39 is 11.5 Å². The Labute approximate surface area is 148 Å². The van der Waals surface area contributed by atoms with Gasteiger partial charge >= 0.3 is 5.97 Å². The van der Waals surface area contributed by atoms with Gasteiger partial charge in [-0.15, -0.1) is 0 Å². The van der Waals surface area contributed by atoms with Crippen LogP contribution >= 0.6 is 11.6 Å². The summed E-state index contributed by atoms with van der Waals surface area (Å²) >= 11 is 5.99. The first-order valence-corrected chi connectivity index (χ1v) is 7.82. The van der Waals surface area contributed by atoms with Crippen LogP contribution in [0.4, 0.5) is 0 Å². The number of nitrogens with zero attached hydrogens (tertiary/aromatic N) is 2. The lowest BCUT2D eigenvalue weighted by atomic mass is 10.1. The normalized spacial score (nSPS) is 10.7. The van der Waals surface area contributed by atoms with Gasteiger partial charge in [-0.2, -0.15) is 0 Å². The molecule has 0 aliphatic carbocycles. The van der Waals surface area contributed by atoms with Crippen LogP contribution in [0.1, 0.15) is 15.9 Å². The van der Waals surface area contributed by atoms with Crippen molar-refractivity contribution in [2.24, 2.45) is 0 Å². The van der Waals surface area contributed by atoms with Gasteiger partial charge in [-0.3, -0.25) is 9.36 Å². The molecule has 0 atom stereocenters. The number of benzene rings is 2. The lowest BCUT2D eigenvalue weighted by Gasteiger charge is -2.12. The van der Waals surface area contributed by atoms with Crippen molar-refractivity contribution in [2.45, 2.75) is 6.54 Å². The van der Waals surface area contributed by atoms with Gasteiger partial charge in [0.15, 0.2) is 5.15 Å². The van der Waals surface area contributed by atoms with Gasteiger partial charge in [-0.05, 0) is 35.9 Å². The Kier molecular flexibility index (Phi) is 4.72. The number of ether oxygens (including phenoxy) is 2. The molecule has 7 heteroatoms. The van der Waals surface area contributed by atoms with Gasteiger partial charge in [0.25, 0.3) is 5.56 Å². The SMILES string of the molecule is COC(=O)c1ccc2c(c1)nc(Cl)c(=O)n2Cc1ccc(OC)cc1. The fourth-order valence-electron chi connectivity index (χ4n) is 2.53. The van der Waals surface area contributed by atoms with Crippen molar-refractivity contribution in [1.29, 1.82) is 0 Å². The molecule has 0 bridgehead atoms. The zero-order valence-corrected chi connectivity index (χ0v) is 14.4. The minimum Gasteiger partial charge on any atom is -0.497 e. The van der Waals surface area contributed by atoms with Crippen LogP contribution in [-0.4, -0.2) is 29.7 Å². The van der Waals surface area contributed by atoms with Crippen molar-refractivity contribution < 1.29 is 14.3 Å². The van der Waals surface area contributed by atoms with Crippen LogP contribution in [0.25, 0.3) is 11.0 Å². The number of hydrogen-bond acceptors (Lipinski definition) is 5. The molecule has 0 aliphatic rings. The van der Waals surface area contributed by atoms with E-state index in [1.807, 2.05) is 24.3 Å². The second kappa shape index (κ2) is 6.94. The van der Waals surface area contributed by atoms with Crippen LogP contribution in [0.3, 0.4) is 0 Å². The summed E-state index contributed by atoms with van der Waals surface area (Å²) < 4.78 is 11.4. The maximum absolute atomic E-state index is 12.4. The maximum atomic E-state index is 12.4. The summed E-state index contributed by atoms with van der Waals surface area (Å²) in [5.74, 6) is 0.254. The molecule has 6 nitrogen and oxygen atoms in total. The summed E-state index contributed by atoms with van der Waals surface area (Å²) in [6, 6.07) is 12.2. The predicted molar refractivity (Wildman–Crippen MR) is 94.4 cm³/mol. The van der Waals surface area contributed by atoms with Gasteiger partial charge in [0.05, 0.1) is 37.4 Å². The summed E-state index contributed by atoms with van der Waals surface area (Å²) in [4.78, 5) is 28.2. The second-order valence-electron chi connectivity index (χ2n) is 5.34. The average Bonchev–Trinajstić information content (AvgIpc) is 2.64. The third-order valence-electron chi connectivity index (χ3n) is 3.83. The first kappa shape index (κ1) is 17.0. The van der Waals surface area contributed by atoms with Gasteiger partial charge < -0.3 is 9.47 Å². The standard InChI is InChI=1S/C18H15ClN2O4/c1-24-13-6-3-11(4-7-13)10-21-15-8-5-12(18(23)25-2)9-14(15)20-16(19)17(21)22/h3-9H,10H2,1-2H3. The van der Waals surface area contributed by atoms with E-state index in [1.165, 1.54) is 11.7 Å². The Hall–Kier alpha value is -2.86. The fraction of sp³-hybridized carbons (Fsp3) is 0.167.